The number of benzene rings is 2. The van der Waals surface area contributed by atoms with Crippen molar-refractivity contribution in [2.24, 2.45) is 0 Å². The Labute approximate surface area is 181 Å². The minimum absolute atomic E-state index is 0.190. The lowest BCUT2D eigenvalue weighted by Gasteiger charge is -2.30. The highest BCUT2D eigenvalue weighted by atomic mass is 19.1. The van der Waals surface area contributed by atoms with Crippen LogP contribution in [0.1, 0.15) is 44.9 Å². The number of aliphatic hydroxyl groups excluding tert-OH is 1. The third-order valence-electron chi connectivity index (χ3n) is 5.01. The van der Waals surface area contributed by atoms with E-state index in [2.05, 4.69) is 0 Å². The number of imide groups is 1. The molecule has 2 aromatic rings. The summed E-state index contributed by atoms with van der Waals surface area (Å²) in [6, 6.07) is 6.42. The van der Waals surface area contributed by atoms with Crippen molar-refractivity contribution in [2.75, 3.05) is 13.1 Å². The van der Waals surface area contributed by atoms with E-state index in [1.54, 1.807) is 12.1 Å². The van der Waals surface area contributed by atoms with Gasteiger partial charge in [-0.1, -0.05) is 12.1 Å². The molecular formula is C21H19F2N3O6. The molecule has 0 bridgehead atoms. The van der Waals surface area contributed by atoms with Gasteiger partial charge in [0.1, 0.15) is 5.82 Å². The molecule has 0 unspecified atom stereocenters. The Bertz CT molecular complexity index is 1090. The van der Waals surface area contributed by atoms with E-state index in [0.29, 0.717) is 12.1 Å². The van der Waals surface area contributed by atoms with Crippen LogP contribution in [0.3, 0.4) is 0 Å². The number of fused-ring (bicyclic) bond motifs is 1. The maximum atomic E-state index is 14.5. The first-order chi connectivity index (χ1) is 15.0. The van der Waals surface area contributed by atoms with Crippen molar-refractivity contribution >= 4 is 23.4 Å². The van der Waals surface area contributed by atoms with Crippen molar-refractivity contribution in [3.8, 4) is 0 Å². The van der Waals surface area contributed by atoms with Crippen LogP contribution in [0.5, 0.6) is 0 Å². The van der Waals surface area contributed by atoms with Gasteiger partial charge in [0.25, 0.3) is 17.7 Å². The molecule has 3 rings (SSSR count). The number of β-amino-alcohol motifs (C(OH)–C–C–N with tert-alkyl or cyclic N) is 1. The number of carbonyl (C=O) groups excluding carboxylic acids is 3. The van der Waals surface area contributed by atoms with E-state index in [1.807, 2.05) is 0 Å². The zero-order chi connectivity index (χ0) is 23.7. The van der Waals surface area contributed by atoms with Crippen LogP contribution in [0, 0.1) is 21.7 Å². The van der Waals surface area contributed by atoms with Gasteiger partial charge in [-0.05, 0) is 32.0 Å². The number of halogens is 2. The summed E-state index contributed by atoms with van der Waals surface area (Å²) in [6.45, 7) is 2.21. The van der Waals surface area contributed by atoms with Crippen LogP contribution in [-0.2, 0) is 0 Å². The lowest BCUT2D eigenvalue weighted by molar-refractivity contribution is -0.387. The van der Waals surface area contributed by atoms with Crippen LogP contribution >= 0.6 is 0 Å². The van der Waals surface area contributed by atoms with Crippen molar-refractivity contribution in [1.29, 1.82) is 0 Å². The lowest BCUT2D eigenvalue weighted by atomic mass is 10.1. The predicted molar refractivity (Wildman–Crippen MR) is 107 cm³/mol. The van der Waals surface area contributed by atoms with E-state index in [4.69, 9.17) is 0 Å². The second-order valence-electron chi connectivity index (χ2n) is 7.52. The summed E-state index contributed by atoms with van der Waals surface area (Å²) in [5, 5.41) is 21.4. The number of carbonyl (C=O) groups is 3. The second kappa shape index (κ2) is 8.79. The maximum absolute atomic E-state index is 14.5. The first-order valence-electron chi connectivity index (χ1n) is 9.60. The van der Waals surface area contributed by atoms with E-state index in [1.165, 1.54) is 26.0 Å². The number of amides is 3. The first kappa shape index (κ1) is 22.9. The Hall–Kier alpha value is -3.73. The molecule has 0 aromatic heterocycles. The van der Waals surface area contributed by atoms with Gasteiger partial charge in [0.05, 0.1) is 40.3 Å². The molecule has 0 radical (unpaired) electrons. The highest BCUT2D eigenvalue weighted by Gasteiger charge is 2.37. The van der Waals surface area contributed by atoms with Crippen LogP contribution < -0.4 is 0 Å². The average Bonchev–Trinajstić information content (AvgIpc) is 2.97. The first-order valence-corrected chi connectivity index (χ1v) is 9.60. The topological polar surface area (TPSA) is 121 Å². The van der Waals surface area contributed by atoms with E-state index in [0.717, 1.165) is 9.80 Å². The highest BCUT2D eigenvalue weighted by Crippen LogP contribution is 2.25. The van der Waals surface area contributed by atoms with Gasteiger partial charge in [0.2, 0.25) is 5.82 Å². The Morgan fingerprint density at radius 2 is 1.72 bits per heavy atom. The van der Waals surface area contributed by atoms with Crippen LogP contribution in [0.4, 0.5) is 14.5 Å². The number of hydrogen-bond donors (Lipinski definition) is 1. The van der Waals surface area contributed by atoms with Gasteiger partial charge in [-0.25, -0.2) is 4.39 Å². The summed E-state index contributed by atoms with van der Waals surface area (Å²) in [6.07, 6.45) is -1.41. The zero-order valence-electron chi connectivity index (χ0n) is 17.1. The third kappa shape index (κ3) is 4.19. The van der Waals surface area contributed by atoms with Crippen molar-refractivity contribution in [3.63, 3.8) is 0 Å². The largest absolute Gasteiger partial charge is 0.389 e. The summed E-state index contributed by atoms with van der Waals surface area (Å²) in [5.74, 6) is -4.95. The number of rotatable bonds is 7. The second-order valence-corrected chi connectivity index (χ2v) is 7.52. The SMILES string of the molecule is CC(C)N(C[C@H](O)CN1C(=O)c2ccccc2C1=O)C(=O)c1cc(F)cc([N+](=O)[O-])c1F. The van der Waals surface area contributed by atoms with Crippen molar-refractivity contribution in [2.45, 2.75) is 26.0 Å². The molecule has 1 heterocycles. The molecule has 0 fully saturated rings. The molecule has 3 amide bonds. The van der Waals surface area contributed by atoms with E-state index in [9.17, 15) is 38.4 Å². The molecule has 168 valence electrons. The van der Waals surface area contributed by atoms with E-state index >= 15 is 0 Å². The zero-order valence-corrected chi connectivity index (χ0v) is 17.1. The smallest absolute Gasteiger partial charge is 0.308 e. The summed E-state index contributed by atoms with van der Waals surface area (Å²) < 4.78 is 28.2. The molecular weight excluding hydrogens is 428 g/mol. The van der Waals surface area contributed by atoms with Crippen molar-refractivity contribution < 1.29 is 33.2 Å². The molecule has 1 N–H and O–H groups in total. The monoisotopic (exact) mass is 447 g/mol. The molecule has 1 atom stereocenters. The summed E-state index contributed by atoms with van der Waals surface area (Å²) >= 11 is 0. The predicted octanol–water partition coefficient (Wildman–Crippen LogP) is 2.38. The van der Waals surface area contributed by atoms with Crippen LogP contribution in [0.15, 0.2) is 36.4 Å². The molecule has 2 aromatic carbocycles. The summed E-state index contributed by atoms with van der Waals surface area (Å²) in [7, 11) is 0. The Morgan fingerprint density at radius 3 is 2.22 bits per heavy atom. The maximum Gasteiger partial charge on any atom is 0.308 e. The summed E-state index contributed by atoms with van der Waals surface area (Å²) in [4.78, 5) is 49.4. The molecule has 0 aliphatic carbocycles. The number of hydrogen-bond acceptors (Lipinski definition) is 6. The van der Waals surface area contributed by atoms with Crippen molar-refractivity contribution in [1.82, 2.24) is 9.80 Å². The summed E-state index contributed by atoms with van der Waals surface area (Å²) in [5.41, 5.74) is -1.67. The quantitative estimate of drug-likeness (QED) is 0.395. The fourth-order valence-corrected chi connectivity index (χ4v) is 3.45. The van der Waals surface area contributed by atoms with Crippen LogP contribution in [-0.4, -0.2) is 62.8 Å². The fraction of sp³-hybridized carbons (Fsp3) is 0.286. The molecule has 0 saturated heterocycles. The average molecular weight is 447 g/mol. The van der Waals surface area contributed by atoms with E-state index < -0.39 is 70.8 Å². The van der Waals surface area contributed by atoms with Gasteiger partial charge in [-0.15, -0.1) is 0 Å². The molecule has 0 saturated carbocycles. The Balaban J connectivity index is 1.81. The molecule has 9 nitrogen and oxygen atoms in total. The van der Waals surface area contributed by atoms with Gasteiger partial charge in [0, 0.05) is 12.6 Å². The normalized spacial score (nSPS) is 14.0. The standard InChI is InChI=1S/C21H19F2N3O6/c1-11(2)24(21(30)16-7-12(22)8-17(18(16)23)26(31)32)9-13(27)10-25-19(28)14-5-3-4-6-15(14)20(25)29/h3-8,11,13,27H,9-10H2,1-2H3/t13-/m0/s1. The van der Waals surface area contributed by atoms with Crippen LogP contribution in [0.2, 0.25) is 0 Å². The lowest BCUT2D eigenvalue weighted by Crippen LogP contribution is -2.47. The minimum atomic E-state index is -1.50. The molecule has 32 heavy (non-hydrogen) atoms. The Kier molecular flexibility index (Phi) is 6.30. The van der Waals surface area contributed by atoms with Crippen LogP contribution in [0.25, 0.3) is 0 Å². The fourth-order valence-electron chi connectivity index (χ4n) is 3.45. The molecule has 0 spiro atoms. The van der Waals surface area contributed by atoms with Gasteiger partial charge in [0.15, 0.2) is 0 Å². The number of nitro groups is 1. The third-order valence-corrected chi connectivity index (χ3v) is 5.01. The molecule has 11 heteroatoms. The molecule has 1 aliphatic heterocycles. The van der Waals surface area contributed by atoms with E-state index in [-0.39, 0.29) is 11.1 Å². The van der Waals surface area contributed by atoms with Crippen molar-refractivity contribution in [3.05, 3.63) is 74.8 Å². The minimum Gasteiger partial charge on any atom is -0.389 e. The van der Waals surface area contributed by atoms with Gasteiger partial charge >= 0.3 is 5.69 Å². The van der Waals surface area contributed by atoms with Gasteiger partial charge in [-0.3, -0.25) is 29.4 Å². The number of nitro benzene ring substituents is 1. The van der Waals surface area contributed by atoms with Gasteiger partial charge in [-0.2, -0.15) is 4.39 Å². The number of nitrogens with zero attached hydrogens (tertiary/aromatic N) is 3. The highest BCUT2D eigenvalue weighted by molar-refractivity contribution is 6.21. The Morgan fingerprint density at radius 1 is 1.16 bits per heavy atom. The number of aliphatic hydroxyl groups is 1. The van der Waals surface area contributed by atoms with Gasteiger partial charge < -0.3 is 10.0 Å². The molecule has 1 aliphatic rings.